The van der Waals surface area contributed by atoms with E-state index in [-0.39, 0.29) is 11.9 Å². The third kappa shape index (κ3) is 4.16. The van der Waals surface area contributed by atoms with Crippen molar-refractivity contribution < 1.29 is 4.39 Å². The first-order valence-corrected chi connectivity index (χ1v) is 7.49. The smallest absolute Gasteiger partial charge is 0.129 e. The van der Waals surface area contributed by atoms with E-state index < -0.39 is 0 Å². The Kier molecular flexibility index (Phi) is 5.61. The van der Waals surface area contributed by atoms with Gasteiger partial charge in [0.15, 0.2) is 0 Å². The maximum Gasteiger partial charge on any atom is 0.129 e. The molecular weight excluding hydrogens is 263 g/mol. The molecule has 0 radical (unpaired) electrons. The van der Waals surface area contributed by atoms with Gasteiger partial charge in [0.05, 0.1) is 0 Å². The van der Waals surface area contributed by atoms with Gasteiger partial charge in [-0.2, -0.15) is 0 Å². The molecule has 1 aromatic carbocycles. The molecule has 0 spiro atoms. The summed E-state index contributed by atoms with van der Waals surface area (Å²) < 4.78 is 13.9. The topological polar surface area (TPSA) is 38.0 Å². The summed E-state index contributed by atoms with van der Waals surface area (Å²) in [6, 6.07) is 4.66. The summed E-state index contributed by atoms with van der Waals surface area (Å²) in [5.41, 5.74) is 3.35. The number of benzene rings is 1. The van der Waals surface area contributed by atoms with E-state index in [1.54, 1.807) is 12.1 Å². The molecule has 4 heteroatoms. The lowest BCUT2D eigenvalue weighted by Gasteiger charge is -2.24. The van der Waals surface area contributed by atoms with Gasteiger partial charge in [-0.25, -0.2) is 4.39 Å². The summed E-state index contributed by atoms with van der Waals surface area (Å²) in [6.45, 7) is 0. The average molecular weight is 285 g/mol. The van der Waals surface area contributed by atoms with Crippen molar-refractivity contribution in [2.75, 3.05) is 0 Å². The number of rotatable bonds is 5. The Balaban J connectivity index is 1.95. The van der Waals surface area contributed by atoms with E-state index in [4.69, 9.17) is 17.4 Å². The Hall–Kier alpha value is -0.640. The molecule has 0 amide bonds. The second-order valence-corrected chi connectivity index (χ2v) is 5.90. The molecule has 1 unspecified atom stereocenters. The molecular formula is C15H22ClFN2. The first-order chi connectivity index (χ1) is 9.20. The molecule has 3 N–H and O–H groups in total. The fourth-order valence-electron chi connectivity index (χ4n) is 2.99. The molecule has 1 aliphatic carbocycles. The second kappa shape index (κ2) is 7.22. The van der Waals surface area contributed by atoms with Crippen LogP contribution in [0, 0.1) is 11.7 Å². The summed E-state index contributed by atoms with van der Waals surface area (Å²) in [7, 11) is 0. The van der Waals surface area contributed by atoms with Crippen LogP contribution in [0.1, 0.15) is 56.6 Å². The molecule has 2 nitrogen and oxygen atoms in total. The van der Waals surface area contributed by atoms with Crippen LogP contribution in [0.4, 0.5) is 4.39 Å². The predicted octanol–water partition coefficient (Wildman–Crippen LogP) is 4.34. The van der Waals surface area contributed by atoms with Crippen LogP contribution < -0.4 is 11.3 Å². The maximum atomic E-state index is 13.9. The molecule has 0 heterocycles. The molecule has 0 aromatic heterocycles. The number of nitrogens with one attached hydrogen (secondary N) is 1. The normalized spacial score (nSPS) is 18.5. The largest absolute Gasteiger partial charge is 0.271 e. The van der Waals surface area contributed by atoms with Crippen LogP contribution in [-0.4, -0.2) is 0 Å². The lowest BCUT2D eigenvalue weighted by atomic mass is 9.84. The predicted molar refractivity (Wildman–Crippen MR) is 77.3 cm³/mol. The molecule has 1 aliphatic rings. The number of halogens is 2. The van der Waals surface area contributed by atoms with Gasteiger partial charge in [0, 0.05) is 16.6 Å². The molecule has 1 aromatic rings. The standard InChI is InChI=1S/C15H22ClFN2/c16-12-7-8-13(14(17)10-12)15(19-18)9-6-11-4-2-1-3-5-11/h7-8,10-11,15,19H,1-6,9,18H2. The minimum absolute atomic E-state index is 0.126. The summed E-state index contributed by atoms with van der Waals surface area (Å²) in [4.78, 5) is 0. The summed E-state index contributed by atoms with van der Waals surface area (Å²) in [6.07, 6.45) is 8.62. The van der Waals surface area contributed by atoms with E-state index in [1.807, 2.05) is 0 Å². The minimum Gasteiger partial charge on any atom is -0.271 e. The zero-order chi connectivity index (χ0) is 13.7. The lowest BCUT2D eigenvalue weighted by molar-refractivity contribution is 0.313. The van der Waals surface area contributed by atoms with Gasteiger partial charge in [-0.05, 0) is 30.9 Å². The average Bonchev–Trinajstić information content (AvgIpc) is 2.42. The Labute approximate surface area is 119 Å². The zero-order valence-electron chi connectivity index (χ0n) is 11.2. The van der Waals surface area contributed by atoms with E-state index in [0.29, 0.717) is 10.6 Å². The Morgan fingerprint density at radius 2 is 2.05 bits per heavy atom. The van der Waals surface area contributed by atoms with Crippen molar-refractivity contribution in [3.05, 3.63) is 34.6 Å². The monoisotopic (exact) mass is 284 g/mol. The van der Waals surface area contributed by atoms with E-state index in [1.165, 1.54) is 38.2 Å². The van der Waals surface area contributed by atoms with Gasteiger partial charge in [0.1, 0.15) is 5.82 Å². The van der Waals surface area contributed by atoms with E-state index in [9.17, 15) is 4.39 Å². The van der Waals surface area contributed by atoms with Gasteiger partial charge in [-0.3, -0.25) is 11.3 Å². The highest BCUT2D eigenvalue weighted by Gasteiger charge is 2.18. The van der Waals surface area contributed by atoms with Crippen molar-refractivity contribution in [3.8, 4) is 0 Å². The van der Waals surface area contributed by atoms with Crippen LogP contribution in [0.15, 0.2) is 18.2 Å². The fraction of sp³-hybridized carbons (Fsp3) is 0.600. The summed E-state index contributed by atoms with van der Waals surface area (Å²) in [5, 5.41) is 0.421. The number of nitrogens with two attached hydrogens (primary N) is 1. The molecule has 1 saturated carbocycles. The van der Waals surface area contributed by atoms with Crippen LogP contribution in [0.25, 0.3) is 0 Å². The van der Waals surface area contributed by atoms with Gasteiger partial charge in [0.25, 0.3) is 0 Å². The molecule has 106 valence electrons. The van der Waals surface area contributed by atoms with Crippen molar-refractivity contribution in [3.63, 3.8) is 0 Å². The van der Waals surface area contributed by atoms with Gasteiger partial charge in [-0.15, -0.1) is 0 Å². The van der Waals surface area contributed by atoms with Gasteiger partial charge in [-0.1, -0.05) is 49.8 Å². The van der Waals surface area contributed by atoms with Crippen LogP contribution in [0.3, 0.4) is 0 Å². The van der Waals surface area contributed by atoms with E-state index >= 15 is 0 Å². The summed E-state index contributed by atoms with van der Waals surface area (Å²) >= 11 is 5.77. The zero-order valence-corrected chi connectivity index (χ0v) is 11.9. The summed E-state index contributed by atoms with van der Waals surface area (Å²) in [5.74, 6) is 6.08. The Morgan fingerprint density at radius 1 is 1.32 bits per heavy atom. The molecule has 0 bridgehead atoms. The Morgan fingerprint density at radius 3 is 2.68 bits per heavy atom. The highest BCUT2D eigenvalue weighted by Crippen LogP contribution is 2.31. The molecule has 19 heavy (non-hydrogen) atoms. The van der Waals surface area contributed by atoms with Crippen LogP contribution >= 0.6 is 11.6 Å². The Bertz CT molecular complexity index is 405. The SMILES string of the molecule is NNC(CCC1CCCCC1)c1ccc(Cl)cc1F. The van der Waals surface area contributed by atoms with Crippen molar-refractivity contribution in [1.82, 2.24) is 5.43 Å². The molecule has 1 atom stereocenters. The fourth-order valence-corrected chi connectivity index (χ4v) is 3.15. The van der Waals surface area contributed by atoms with Crippen molar-refractivity contribution >= 4 is 11.6 Å². The molecule has 1 fully saturated rings. The first kappa shape index (κ1) is 14.8. The van der Waals surface area contributed by atoms with Crippen molar-refractivity contribution in [2.24, 2.45) is 11.8 Å². The highest BCUT2D eigenvalue weighted by molar-refractivity contribution is 6.30. The van der Waals surface area contributed by atoms with Crippen LogP contribution in [-0.2, 0) is 0 Å². The van der Waals surface area contributed by atoms with Gasteiger partial charge < -0.3 is 0 Å². The quantitative estimate of drug-likeness (QED) is 0.623. The highest BCUT2D eigenvalue weighted by atomic mass is 35.5. The number of hydrogen-bond acceptors (Lipinski definition) is 2. The molecule has 0 saturated heterocycles. The third-order valence-electron chi connectivity index (χ3n) is 4.13. The van der Waals surface area contributed by atoms with Crippen molar-refractivity contribution in [2.45, 2.75) is 51.0 Å². The third-order valence-corrected chi connectivity index (χ3v) is 4.36. The van der Waals surface area contributed by atoms with Crippen molar-refractivity contribution in [1.29, 1.82) is 0 Å². The number of hydrogen-bond donors (Lipinski definition) is 2. The molecule has 2 rings (SSSR count). The van der Waals surface area contributed by atoms with Crippen LogP contribution in [0.2, 0.25) is 5.02 Å². The minimum atomic E-state index is -0.279. The lowest BCUT2D eigenvalue weighted by Crippen LogP contribution is -2.29. The van der Waals surface area contributed by atoms with Gasteiger partial charge >= 0.3 is 0 Å². The van der Waals surface area contributed by atoms with E-state index in [2.05, 4.69) is 5.43 Å². The van der Waals surface area contributed by atoms with Gasteiger partial charge in [0.2, 0.25) is 0 Å². The molecule has 0 aliphatic heterocycles. The van der Waals surface area contributed by atoms with Crippen LogP contribution in [0.5, 0.6) is 0 Å². The number of hydrazine groups is 1. The second-order valence-electron chi connectivity index (χ2n) is 5.47. The first-order valence-electron chi connectivity index (χ1n) is 7.12. The van der Waals surface area contributed by atoms with E-state index in [0.717, 1.165) is 18.8 Å². The maximum absolute atomic E-state index is 13.9.